The van der Waals surface area contributed by atoms with E-state index in [1.54, 1.807) is 12.1 Å². The van der Waals surface area contributed by atoms with Gasteiger partial charge in [0.1, 0.15) is 18.4 Å². The number of nitrogens with two attached hydrogens (primary N) is 1. The largest absolute Gasteiger partial charge is 0.454 e. The van der Waals surface area contributed by atoms with Gasteiger partial charge in [-0.3, -0.25) is 0 Å². The van der Waals surface area contributed by atoms with Crippen molar-refractivity contribution in [1.29, 1.82) is 0 Å². The van der Waals surface area contributed by atoms with E-state index in [1.807, 2.05) is 0 Å². The second kappa shape index (κ2) is 11.6. The molecule has 0 aromatic heterocycles. The topological polar surface area (TPSA) is 138 Å². The molecule has 2 aromatic carbocycles. The highest BCUT2D eigenvalue weighted by Crippen LogP contribution is 2.30. The molecule has 1 saturated heterocycles. The summed E-state index contributed by atoms with van der Waals surface area (Å²) in [5.74, 6) is 3.03. The van der Waals surface area contributed by atoms with Crippen molar-refractivity contribution in [3.63, 3.8) is 0 Å². The minimum Gasteiger partial charge on any atom is -0.454 e. The monoisotopic (exact) mass is 531 g/mol. The number of ether oxygens (including phenoxy) is 3. The maximum atomic E-state index is 14.7. The van der Waals surface area contributed by atoms with Crippen LogP contribution in [0, 0.1) is 5.82 Å². The Kier molecular flexibility index (Phi) is 8.86. The number of hydrogen-bond acceptors (Lipinski definition) is 9. The predicted octanol–water partition coefficient (Wildman–Crippen LogP) is 2.15. The molecule has 14 heteroatoms. The van der Waals surface area contributed by atoms with E-state index < -0.39 is 38.8 Å². The second-order valence-corrected chi connectivity index (χ2v) is 9.60. The number of sulfonamides is 1. The first kappa shape index (κ1) is 26.6. The third-order valence-electron chi connectivity index (χ3n) is 5.04. The van der Waals surface area contributed by atoms with E-state index in [4.69, 9.17) is 31.7 Å². The van der Waals surface area contributed by atoms with Crippen LogP contribution < -0.4 is 10.6 Å². The molecule has 0 spiro atoms. The Morgan fingerprint density at radius 3 is 2.49 bits per heavy atom. The van der Waals surface area contributed by atoms with Gasteiger partial charge in [-0.25, -0.2) is 22.4 Å². The summed E-state index contributed by atoms with van der Waals surface area (Å²) in [6.45, 7) is -0.603. The van der Waals surface area contributed by atoms with Gasteiger partial charge in [0, 0.05) is 25.2 Å². The Labute approximate surface area is 206 Å². The molecular formula is C21H23ClFN3O8S. The number of rotatable bonds is 8. The fourth-order valence-corrected chi connectivity index (χ4v) is 4.98. The summed E-state index contributed by atoms with van der Waals surface area (Å²) in [6.07, 6.45) is -0.760. The number of carbonyl (C=O) groups excluding carboxylic acids is 2. The molecule has 0 aliphatic carbocycles. The summed E-state index contributed by atoms with van der Waals surface area (Å²) in [6, 6.07) is 7.74. The number of benzene rings is 2. The van der Waals surface area contributed by atoms with Gasteiger partial charge < -0.3 is 23.9 Å². The lowest BCUT2D eigenvalue weighted by atomic mass is 10.2. The lowest BCUT2D eigenvalue weighted by Crippen LogP contribution is -2.60. The van der Waals surface area contributed by atoms with Gasteiger partial charge in [-0.05, 0) is 42.5 Å². The third-order valence-corrected chi connectivity index (χ3v) is 7.20. The van der Waals surface area contributed by atoms with Crippen molar-refractivity contribution in [3.05, 3.63) is 53.3 Å². The molecule has 2 aromatic rings. The van der Waals surface area contributed by atoms with Gasteiger partial charge in [-0.2, -0.15) is 10.2 Å². The minimum absolute atomic E-state index is 0.0242. The van der Waals surface area contributed by atoms with Gasteiger partial charge in [-0.15, -0.1) is 0 Å². The van der Waals surface area contributed by atoms with Crippen LogP contribution in [0.5, 0.6) is 11.5 Å². The third kappa shape index (κ3) is 6.38. The molecule has 1 aliphatic heterocycles. The van der Waals surface area contributed by atoms with Crippen molar-refractivity contribution in [2.75, 3.05) is 40.0 Å². The normalized spacial score (nSPS) is 16.6. The fraction of sp³-hybridized carbons (Fsp3) is 0.333. The summed E-state index contributed by atoms with van der Waals surface area (Å²) in [4.78, 5) is 29.5. The molecule has 3 rings (SSSR count). The summed E-state index contributed by atoms with van der Waals surface area (Å²) < 4.78 is 57.3. The zero-order valence-electron chi connectivity index (χ0n) is 18.6. The van der Waals surface area contributed by atoms with Gasteiger partial charge in [0.15, 0.2) is 11.6 Å². The highest BCUT2D eigenvalue weighted by molar-refractivity contribution is 7.89. The summed E-state index contributed by atoms with van der Waals surface area (Å²) in [5.41, 5.74) is 0. The van der Waals surface area contributed by atoms with E-state index in [9.17, 15) is 22.4 Å². The first-order chi connectivity index (χ1) is 16.7. The van der Waals surface area contributed by atoms with Gasteiger partial charge in [0.05, 0.1) is 18.0 Å². The molecule has 2 N–H and O–H groups in total. The lowest BCUT2D eigenvalue weighted by molar-refractivity contribution is -0.150. The molecule has 1 atom stereocenters. The Hall–Kier alpha value is -2.97. The number of nitrogens with zero attached hydrogens (tertiary/aromatic N) is 2. The van der Waals surface area contributed by atoms with Crippen molar-refractivity contribution in [3.8, 4) is 11.5 Å². The molecular weight excluding hydrogens is 509 g/mol. The van der Waals surface area contributed by atoms with Gasteiger partial charge in [0.25, 0.3) is 0 Å². The van der Waals surface area contributed by atoms with E-state index in [-0.39, 0.29) is 38.6 Å². The molecule has 1 heterocycles. The number of amides is 1. The molecule has 1 amide bonds. The molecule has 0 unspecified atom stereocenters. The van der Waals surface area contributed by atoms with E-state index in [0.29, 0.717) is 10.8 Å². The minimum atomic E-state index is -4.39. The van der Waals surface area contributed by atoms with Crippen LogP contribution in [-0.4, -0.2) is 75.7 Å². The Morgan fingerprint density at radius 2 is 1.86 bits per heavy atom. The van der Waals surface area contributed by atoms with E-state index >= 15 is 0 Å². The van der Waals surface area contributed by atoms with Crippen LogP contribution >= 0.6 is 11.6 Å². The number of methoxy groups -OCH3 is 1. The van der Waals surface area contributed by atoms with Crippen LogP contribution in [0.4, 0.5) is 9.18 Å². The van der Waals surface area contributed by atoms with Crippen molar-refractivity contribution >= 4 is 33.7 Å². The first-order valence-corrected chi connectivity index (χ1v) is 12.0. The van der Waals surface area contributed by atoms with Crippen molar-refractivity contribution < 1.29 is 41.4 Å². The van der Waals surface area contributed by atoms with E-state index in [1.165, 1.54) is 19.2 Å². The zero-order chi connectivity index (χ0) is 25.6. The van der Waals surface area contributed by atoms with Gasteiger partial charge >= 0.3 is 12.1 Å². The zero-order valence-corrected chi connectivity index (χ0v) is 20.1. The van der Waals surface area contributed by atoms with Crippen LogP contribution in [0.1, 0.15) is 0 Å². The summed E-state index contributed by atoms with van der Waals surface area (Å²) >= 11 is 5.81. The molecule has 1 fully saturated rings. The quantitative estimate of drug-likeness (QED) is 0.401. The van der Waals surface area contributed by atoms with Crippen LogP contribution in [-0.2, 0) is 29.1 Å². The molecule has 11 nitrogen and oxygen atoms in total. The molecule has 0 saturated carbocycles. The van der Waals surface area contributed by atoms with Crippen molar-refractivity contribution in [1.82, 2.24) is 9.21 Å². The van der Waals surface area contributed by atoms with E-state index in [2.05, 4.69) is 4.84 Å². The summed E-state index contributed by atoms with van der Waals surface area (Å²) in [7, 11) is -2.95. The maximum absolute atomic E-state index is 14.7. The van der Waals surface area contributed by atoms with E-state index in [0.717, 1.165) is 27.4 Å². The maximum Gasteiger partial charge on any atom is 0.409 e. The predicted molar refractivity (Wildman–Crippen MR) is 121 cm³/mol. The number of carbonyl (C=O) groups is 2. The molecule has 1 aliphatic rings. The smallest absolute Gasteiger partial charge is 0.409 e. The van der Waals surface area contributed by atoms with Crippen molar-refractivity contribution in [2.24, 2.45) is 5.90 Å². The first-order valence-electron chi connectivity index (χ1n) is 10.2. The van der Waals surface area contributed by atoms with Crippen molar-refractivity contribution in [2.45, 2.75) is 10.9 Å². The average molecular weight is 532 g/mol. The van der Waals surface area contributed by atoms with Crippen LogP contribution in [0.2, 0.25) is 5.02 Å². The standard InChI is InChI=1S/C21H23ClFN3O8S/c1-31-10-11-32-21(28)25-8-9-26(18(13-25)20(27)34-24)35(29,30)16-6-7-19(17(23)12-16)33-15-4-2-14(22)3-5-15/h2-7,12,18H,8-11,13,24H2,1H3/t18-/m1/s1. The average Bonchev–Trinajstić information content (AvgIpc) is 2.85. The highest BCUT2D eigenvalue weighted by Gasteiger charge is 2.43. The van der Waals surface area contributed by atoms with Crippen LogP contribution in [0.15, 0.2) is 47.4 Å². The highest BCUT2D eigenvalue weighted by atomic mass is 35.5. The summed E-state index contributed by atoms with van der Waals surface area (Å²) in [5, 5.41) is 0.466. The second-order valence-electron chi connectivity index (χ2n) is 7.27. The van der Waals surface area contributed by atoms with Crippen LogP contribution in [0.3, 0.4) is 0 Å². The Bertz CT molecular complexity index is 1170. The van der Waals surface area contributed by atoms with Crippen LogP contribution in [0.25, 0.3) is 0 Å². The molecule has 35 heavy (non-hydrogen) atoms. The van der Waals surface area contributed by atoms with Gasteiger partial charge in [-0.1, -0.05) is 11.6 Å². The number of hydrogen-bond donors (Lipinski definition) is 1. The Morgan fingerprint density at radius 1 is 1.14 bits per heavy atom. The molecule has 0 radical (unpaired) electrons. The number of halogens is 2. The lowest BCUT2D eigenvalue weighted by Gasteiger charge is -2.38. The van der Waals surface area contributed by atoms with Gasteiger partial charge in [0.2, 0.25) is 10.0 Å². The SMILES string of the molecule is COCCOC(=O)N1CCN(S(=O)(=O)c2ccc(Oc3ccc(Cl)cc3)c(F)c2)[C@@H](C(=O)ON)C1. The fourth-order valence-electron chi connectivity index (χ4n) is 3.28. The number of piperazine rings is 1. The molecule has 0 bridgehead atoms. The molecule has 190 valence electrons. The Balaban J connectivity index is 1.80.